The van der Waals surface area contributed by atoms with Crippen molar-refractivity contribution in [1.82, 2.24) is 5.32 Å². The Balaban J connectivity index is 1.96. The molecule has 0 bridgehead atoms. The summed E-state index contributed by atoms with van der Waals surface area (Å²) in [4.78, 5) is 11.5. The SMILES string of the molecule is NCCCCNC(=O)CCC1CCCCO1. The van der Waals surface area contributed by atoms with Crippen LogP contribution in [0.3, 0.4) is 0 Å². The summed E-state index contributed by atoms with van der Waals surface area (Å²) in [5, 5.41) is 2.91. The van der Waals surface area contributed by atoms with Crippen molar-refractivity contribution < 1.29 is 9.53 Å². The lowest BCUT2D eigenvalue weighted by Crippen LogP contribution is -2.27. The summed E-state index contributed by atoms with van der Waals surface area (Å²) in [6.45, 7) is 2.32. The third-order valence-electron chi connectivity index (χ3n) is 2.92. The molecule has 1 amide bonds. The fraction of sp³-hybridized carbons (Fsp3) is 0.917. The Morgan fingerprint density at radius 1 is 1.38 bits per heavy atom. The molecule has 1 rings (SSSR count). The van der Waals surface area contributed by atoms with Crippen LogP contribution in [0.2, 0.25) is 0 Å². The maximum Gasteiger partial charge on any atom is 0.220 e. The van der Waals surface area contributed by atoms with E-state index < -0.39 is 0 Å². The lowest BCUT2D eigenvalue weighted by Gasteiger charge is -2.22. The van der Waals surface area contributed by atoms with E-state index in [1.807, 2.05) is 0 Å². The van der Waals surface area contributed by atoms with E-state index in [0.717, 1.165) is 38.8 Å². The second-order valence-electron chi connectivity index (χ2n) is 4.37. The summed E-state index contributed by atoms with van der Waals surface area (Å²) in [5.41, 5.74) is 5.37. The van der Waals surface area contributed by atoms with Gasteiger partial charge in [0.1, 0.15) is 0 Å². The molecule has 1 saturated heterocycles. The zero-order valence-electron chi connectivity index (χ0n) is 10.0. The maximum atomic E-state index is 11.5. The number of amides is 1. The average Bonchev–Trinajstić information content (AvgIpc) is 2.33. The van der Waals surface area contributed by atoms with Crippen molar-refractivity contribution in [3.05, 3.63) is 0 Å². The summed E-state index contributed by atoms with van der Waals surface area (Å²) in [5.74, 6) is 0.145. The molecule has 0 aromatic carbocycles. The van der Waals surface area contributed by atoms with Crippen LogP contribution in [0.4, 0.5) is 0 Å². The Kier molecular flexibility index (Phi) is 7.17. The molecule has 4 nitrogen and oxygen atoms in total. The number of nitrogens with two attached hydrogens (primary N) is 1. The van der Waals surface area contributed by atoms with E-state index in [1.165, 1.54) is 12.8 Å². The first-order valence-corrected chi connectivity index (χ1v) is 6.41. The molecule has 0 aromatic rings. The standard InChI is InChI=1S/C12H24N2O2/c13-8-2-3-9-14-12(15)7-6-11-5-1-4-10-16-11/h11H,1-10,13H2,(H,14,15). The third-order valence-corrected chi connectivity index (χ3v) is 2.92. The number of ether oxygens (including phenoxy) is 1. The Labute approximate surface area is 97.9 Å². The van der Waals surface area contributed by atoms with Crippen LogP contribution in [0.15, 0.2) is 0 Å². The second kappa shape index (κ2) is 8.53. The van der Waals surface area contributed by atoms with Crippen molar-refractivity contribution in [3.63, 3.8) is 0 Å². The van der Waals surface area contributed by atoms with Gasteiger partial charge in [-0.2, -0.15) is 0 Å². The minimum atomic E-state index is 0.145. The number of unbranched alkanes of at least 4 members (excludes halogenated alkanes) is 1. The van der Waals surface area contributed by atoms with E-state index in [0.29, 0.717) is 19.1 Å². The van der Waals surface area contributed by atoms with Gasteiger partial charge in [0, 0.05) is 19.6 Å². The highest BCUT2D eigenvalue weighted by Crippen LogP contribution is 2.16. The zero-order chi connectivity index (χ0) is 11.6. The van der Waals surface area contributed by atoms with Gasteiger partial charge in [0.05, 0.1) is 6.10 Å². The van der Waals surface area contributed by atoms with Crippen LogP contribution >= 0.6 is 0 Å². The van der Waals surface area contributed by atoms with E-state index in [2.05, 4.69) is 5.32 Å². The summed E-state index contributed by atoms with van der Waals surface area (Å²) in [7, 11) is 0. The van der Waals surface area contributed by atoms with Crippen LogP contribution in [0, 0.1) is 0 Å². The van der Waals surface area contributed by atoms with E-state index in [1.54, 1.807) is 0 Å². The van der Waals surface area contributed by atoms with Crippen molar-refractivity contribution >= 4 is 5.91 Å². The lowest BCUT2D eigenvalue weighted by atomic mass is 10.0. The van der Waals surface area contributed by atoms with Gasteiger partial charge >= 0.3 is 0 Å². The summed E-state index contributed by atoms with van der Waals surface area (Å²) < 4.78 is 5.57. The fourth-order valence-corrected chi connectivity index (χ4v) is 1.91. The predicted octanol–water partition coefficient (Wildman–Crippen LogP) is 1.19. The topological polar surface area (TPSA) is 64.3 Å². The Morgan fingerprint density at radius 3 is 2.94 bits per heavy atom. The van der Waals surface area contributed by atoms with Gasteiger partial charge < -0.3 is 15.8 Å². The predicted molar refractivity (Wildman–Crippen MR) is 64.1 cm³/mol. The van der Waals surface area contributed by atoms with Gasteiger partial charge in [0.2, 0.25) is 5.91 Å². The Bertz CT molecular complexity index is 191. The van der Waals surface area contributed by atoms with Crippen LogP contribution in [0.5, 0.6) is 0 Å². The summed E-state index contributed by atoms with van der Waals surface area (Å²) in [6.07, 6.45) is 7.23. The Hall–Kier alpha value is -0.610. The highest BCUT2D eigenvalue weighted by molar-refractivity contribution is 5.75. The Morgan fingerprint density at radius 2 is 2.25 bits per heavy atom. The molecule has 0 spiro atoms. The van der Waals surface area contributed by atoms with Gasteiger partial charge in [0.25, 0.3) is 0 Å². The van der Waals surface area contributed by atoms with E-state index in [4.69, 9.17) is 10.5 Å². The van der Waals surface area contributed by atoms with Crippen LogP contribution < -0.4 is 11.1 Å². The molecule has 0 aliphatic carbocycles. The van der Waals surface area contributed by atoms with Gasteiger partial charge in [-0.3, -0.25) is 4.79 Å². The van der Waals surface area contributed by atoms with Gasteiger partial charge in [-0.1, -0.05) is 0 Å². The molecule has 1 aliphatic heterocycles. The summed E-state index contributed by atoms with van der Waals surface area (Å²) >= 11 is 0. The molecule has 0 saturated carbocycles. The largest absolute Gasteiger partial charge is 0.378 e. The van der Waals surface area contributed by atoms with Gasteiger partial charge in [-0.25, -0.2) is 0 Å². The molecule has 0 aromatic heterocycles. The van der Waals surface area contributed by atoms with E-state index >= 15 is 0 Å². The average molecular weight is 228 g/mol. The van der Waals surface area contributed by atoms with Crippen molar-refractivity contribution in [2.24, 2.45) is 5.73 Å². The van der Waals surface area contributed by atoms with Crippen molar-refractivity contribution in [2.75, 3.05) is 19.7 Å². The number of hydrogen-bond donors (Lipinski definition) is 2. The number of hydrogen-bond acceptors (Lipinski definition) is 3. The molecule has 1 unspecified atom stereocenters. The fourth-order valence-electron chi connectivity index (χ4n) is 1.91. The highest BCUT2D eigenvalue weighted by atomic mass is 16.5. The maximum absolute atomic E-state index is 11.5. The van der Waals surface area contributed by atoms with E-state index in [-0.39, 0.29) is 5.91 Å². The molecule has 94 valence electrons. The monoisotopic (exact) mass is 228 g/mol. The molecule has 4 heteroatoms. The second-order valence-corrected chi connectivity index (χ2v) is 4.37. The number of carbonyl (C=O) groups excluding carboxylic acids is 1. The van der Waals surface area contributed by atoms with Crippen LogP contribution in [0.1, 0.15) is 44.9 Å². The molecule has 3 N–H and O–H groups in total. The van der Waals surface area contributed by atoms with Crippen molar-refractivity contribution in [2.45, 2.75) is 51.0 Å². The van der Waals surface area contributed by atoms with Crippen molar-refractivity contribution in [3.8, 4) is 0 Å². The highest BCUT2D eigenvalue weighted by Gasteiger charge is 2.14. The molecule has 1 heterocycles. The number of rotatable bonds is 7. The van der Waals surface area contributed by atoms with E-state index in [9.17, 15) is 4.79 Å². The first kappa shape index (κ1) is 13.5. The molecular weight excluding hydrogens is 204 g/mol. The smallest absolute Gasteiger partial charge is 0.220 e. The van der Waals surface area contributed by atoms with Crippen molar-refractivity contribution in [1.29, 1.82) is 0 Å². The quantitative estimate of drug-likeness (QED) is 0.643. The first-order chi connectivity index (χ1) is 7.83. The first-order valence-electron chi connectivity index (χ1n) is 6.41. The molecule has 1 aliphatic rings. The number of carbonyl (C=O) groups is 1. The van der Waals surface area contributed by atoms with Gasteiger partial charge in [-0.15, -0.1) is 0 Å². The van der Waals surface area contributed by atoms with Gasteiger partial charge in [0.15, 0.2) is 0 Å². The van der Waals surface area contributed by atoms with Crippen LogP contribution in [0.25, 0.3) is 0 Å². The molecule has 1 fully saturated rings. The van der Waals surface area contributed by atoms with Crippen LogP contribution in [-0.4, -0.2) is 31.7 Å². The van der Waals surface area contributed by atoms with Gasteiger partial charge in [-0.05, 0) is 45.1 Å². The minimum Gasteiger partial charge on any atom is -0.378 e. The zero-order valence-corrected chi connectivity index (χ0v) is 10.0. The normalized spacial score (nSPS) is 20.7. The molecule has 1 atom stereocenters. The lowest BCUT2D eigenvalue weighted by molar-refractivity contribution is -0.122. The summed E-state index contributed by atoms with van der Waals surface area (Å²) in [6, 6.07) is 0. The molecule has 0 radical (unpaired) electrons. The van der Waals surface area contributed by atoms with Crippen LogP contribution in [-0.2, 0) is 9.53 Å². The molecule has 16 heavy (non-hydrogen) atoms. The molecular formula is C12H24N2O2. The minimum absolute atomic E-state index is 0.145. The third kappa shape index (κ3) is 6.08. The number of nitrogens with one attached hydrogen (secondary N) is 1.